The molecule has 0 aliphatic carbocycles. The van der Waals surface area contributed by atoms with Gasteiger partial charge in [0.2, 0.25) is 0 Å². The lowest BCUT2D eigenvalue weighted by Gasteiger charge is -2.32. The largest absolute Gasteiger partial charge is 0.488 e. The van der Waals surface area contributed by atoms with E-state index in [2.05, 4.69) is 4.90 Å². The third-order valence-corrected chi connectivity index (χ3v) is 3.69. The number of likely N-dealkylation sites (tertiary alicyclic amines) is 1. The third-order valence-electron chi connectivity index (χ3n) is 3.38. The van der Waals surface area contributed by atoms with Gasteiger partial charge in [0.25, 0.3) is 0 Å². The molecule has 1 atom stereocenters. The van der Waals surface area contributed by atoms with Gasteiger partial charge in [0.15, 0.2) is 0 Å². The Morgan fingerprint density at radius 1 is 1.30 bits per heavy atom. The standard InChI is InChI=1S/C15H22ClNO3/c16-14-5-1-2-6-15(14)20-13-4-3-7-17(12-13)8-10-19-11-9-18/h1-2,5-6,13,18H,3-4,7-12H2. The molecule has 1 aromatic carbocycles. The molecule has 2 rings (SSSR count). The van der Waals surface area contributed by atoms with Crippen LogP contribution in [0.4, 0.5) is 0 Å². The highest BCUT2D eigenvalue weighted by Gasteiger charge is 2.21. The van der Waals surface area contributed by atoms with Crippen LogP contribution in [0.25, 0.3) is 0 Å². The topological polar surface area (TPSA) is 41.9 Å². The molecule has 5 heteroatoms. The summed E-state index contributed by atoms with van der Waals surface area (Å²) in [5.41, 5.74) is 0. The molecule has 1 heterocycles. The molecule has 0 saturated carbocycles. The van der Waals surface area contributed by atoms with Crippen molar-refractivity contribution in [2.45, 2.75) is 18.9 Å². The summed E-state index contributed by atoms with van der Waals surface area (Å²) in [6.45, 7) is 3.99. The van der Waals surface area contributed by atoms with E-state index in [1.165, 1.54) is 0 Å². The molecular formula is C15H22ClNO3. The van der Waals surface area contributed by atoms with Gasteiger partial charge in [0.1, 0.15) is 11.9 Å². The van der Waals surface area contributed by atoms with Crippen LogP contribution in [0.3, 0.4) is 0 Å². The number of nitrogens with zero attached hydrogens (tertiary/aromatic N) is 1. The molecule has 4 nitrogen and oxygen atoms in total. The van der Waals surface area contributed by atoms with Crippen molar-refractivity contribution in [2.24, 2.45) is 0 Å². The average molecular weight is 300 g/mol. The van der Waals surface area contributed by atoms with E-state index >= 15 is 0 Å². The summed E-state index contributed by atoms with van der Waals surface area (Å²) < 4.78 is 11.3. The lowest BCUT2D eigenvalue weighted by molar-refractivity contribution is 0.0446. The molecule has 0 amide bonds. The van der Waals surface area contributed by atoms with Gasteiger partial charge in [-0.3, -0.25) is 4.90 Å². The minimum Gasteiger partial charge on any atom is -0.488 e. The van der Waals surface area contributed by atoms with Crippen LogP contribution >= 0.6 is 11.6 Å². The molecule has 0 aromatic heterocycles. The van der Waals surface area contributed by atoms with Crippen molar-refractivity contribution in [3.63, 3.8) is 0 Å². The molecule has 1 aromatic rings. The smallest absolute Gasteiger partial charge is 0.138 e. The van der Waals surface area contributed by atoms with Crippen molar-refractivity contribution in [1.82, 2.24) is 4.90 Å². The quantitative estimate of drug-likeness (QED) is 0.784. The second-order valence-corrected chi connectivity index (χ2v) is 5.36. The number of piperidine rings is 1. The second kappa shape index (κ2) is 8.47. The minimum atomic E-state index is 0.0816. The summed E-state index contributed by atoms with van der Waals surface area (Å²) in [6, 6.07) is 7.59. The van der Waals surface area contributed by atoms with Gasteiger partial charge in [-0.15, -0.1) is 0 Å². The third kappa shape index (κ3) is 4.94. The molecule has 112 valence electrons. The highest BCUT2D eigenvalue weighted by molar-refractivity contribution is 6.32. The van der Waals surface area contributed by atoms with E-state index in [9.17, 15) is 0 Å². The summed E-state index contributed by atoms with van der Waals surface area (Å²) in [5.74, 6) is 0.762. The Morgan fingerprint density at radius 2 is 2.15 bits per heavy atom. The number of ether oxygens (including phenoxy) is 2. The normalized spacial score (nSPS) is 20.0. The summed E-state index contributed by atoms with van der Waals surface area (Å²) in [4.78, 5) is 2.34. The highest BCUT2D eigenvalue weighted by Crippen LogP contribution is 2.26. The van der Waals surface area contributed by atoms with E-state index in [0.717, 1.165) is 38.2 Å². The SMILES string of the molecule is OCCOCCN1CCCC(Oc2ccccc2Cl)C1. The predicted molar refractivity (Wildman–Crippen MR) is 79.4 cm³/mol. The Morgan fingerprint density at radius 3 is 2.95 bits per heavy atom. The van der Waals surface area contributed by atoms with Gasteiger partial charge >= 0.3 is 0 Å². The fraction of sp³-hybridized carbons (Fsp3) is 0.600. The van der Waals surface area contributed by atoms with Crippen LogP contribution in [-0.2, 0) is 4.74 Å². The highest BCUT2D eigenvalue weighted by atomic mass is 35.5. The lowest BCUT2D eigenvalue weighted by Crippen LogP contribution is -2.42. The Balaban J connectivity index is 1.77. The number of rotatable bonds is 7. The average Bonchev–Trinajstić information content (AvgIpc) is 2.47. The van der Waals surface area contributed by atoms with E-state index in [4.69, 9.17) is 26.2 Å². The van der Waals surface area contributed by atoms with E-state index in [-0.39, 0.29) is 12.7 Å². The Bertz CT molecular complexity index is 402. The van der Waals surface area contributed by atoms with Crippen molar-refractivity contribution < 1.29 is 14.6 Å². The number of hydrogen-bond acceptors (Lipinski definition) is 4. The van der Waals surface area contributed by atoms with Gasteiger partial charge in [0, 0.05) is 13.1 Å². The molecule has 0 spiro atoms. The Hall–Kier alpha value is -0.810. The zero-order chi connectivity index (χ0) is 14.2. The monoisotopic (exact) mass is 299 g/mol. The number of para-hydroxylation sites is 1. The molecule has 1 aliphatic rings. The minimum absolute atomic E-state index is 0.0816. The van der Waals surface area contributed by atoms with Crippen LogP contribution in [0.1, 0.15) is 12.8 Å². The zero-order valence-corrected chi connectivity index (χ0v) is 12.4. The van der Waals surface area contributed by atoms with Crippen molar-refractivity contribution in [3.8, 4) is 5.75 Å². The van der Waals surface area contributed by atoms with E-state index < -0.39 is 0 Å². The van der Waals surface area contributed by atoms with Gasteiger partial charge in [0.05, 0.1) is 24.8 Å². The molecule has 1 unspecified atom stereocenters. The van der Waals surface area contributed by atoms with Gasteiger partial charge < -0.3 is 14.6 Å². The van der Waals surface area contributed by atoms with Crippen LogP contribution in [0.5, 0.6) is 5.75 Å². The predicted octanol–water partition coefficient (Wildman–Crippen LogP) is 2.19. The van der Waals surface area contributed by atoms with Crippen molar-refractivity contribution in [2.75, 3.05) is 39.5 Å². The van der Waals surface area contributed by atoms with Gasteiger partial charge in [-0.05, 0) is 31.5 Å². The molecule has 0 bridgehead atoms. The molecular weight excluding hydrogens is 278 g/mol. The van der Waals surface area contributed by atoms with E-state index in [1.807, 2.05) is 24.3 Å². The second-order valence-electron chi connectivity index (χ2n) is 4.95. The summed E-state index contributed by atoms with van der Waals surface area (Å²) in [7, 11) is 0. The molecule has 1 aliphatic heterocycles. The zero-order valence-electron chi connectivity index (χ0n) is 11.6. The fourth-order valence-corrected chi connectivity index (χ4v) is 2.57. The van der Waals surface area contributed by atoms with Crippen LogP contribution in [0.15, 0.2) is 24.3 Å². The maximum absolute atomic E-state index is 8.66. The maximum Gasteiger partial charge on any atom is 0.138 e. The van der Waals surface area contributed by atoms with Crippen molar-refractivity contribution in [3.05, 3.63) is 29.3 Å². The summed E-state index contributed by atoms with van der Waals surface area (Å²) in [5, 5.41) is 9.33. The summed E-state index contributed by atoms with van der Waals surface area (Å²) >= 11 is 6.12. The Labute approximate surface area is 125 Å². The van der Waals surface area contributed by atoms with Gasteiger partial charge in [-0.1, -0.05) is 23.7 Å². The molecule has 1 saturated heterocycles. The first kappa shape index (κ1) is 15.6. The number of hydrogen-bond donors (Lipinski definition) is 1. The number of halogens is 1. The fourth-order valence-electron chi connectivity index (χ4n) is 2.39. The molecule has 20 heavy (non-hydrogen) atoms. The lowest BCUT2D eigenvalue weighted by atomic mass is 10.1. The van der Waals surface area contributed by atoms with Crippen molar-refractivity contribution in [1.29, 1.82) is 0 Å². The first-order valence-corrected chi connectivity index (χ1v) is 7.49. The number of benzene rings is 1. The molecule has 0 radical (unpaired) electrons. The molecule has 1 N–H and O–H groups in total. The van der Waals surface area contributed by atoms with E-state index in [1.54, 1.807) is 0 Å². The van der Waals surface area contributed by atoms with Crippen LogP contribution in [-0.4, -0.2) is 55.6 Å². The van der Waals surface area contributed by atoms with Crippen molar-refractivity contribution >= 4 is 11.6 Å². The number of aliphatic hydroxyl groups excluding tert-OH is 1. The maximum atomic E-state index is 8.66. The molecule has 1 fully saturated rings. The van der Waals surface area contributed by atoms with Crippen LogP contribution in [0, 0.1) is 0 Å². The van der Waals surface area contributed by atoms with E-state index in [0.29, 0.717) is 18.2 Å². The first-order chi connectivity index (χ1) is 9.79. The summed E-state index contributed by atoms with van der Waals surface area (Å²) in [6.07, 6.45) is 2.36. The van der Waals surface area contributed by atoms with Crippen LogP contribution < -0.4 is 4.74 Å². The van der Waals surface area contributed by atoms with Gasteiger partial charge in [-0.25, -0.2) is 0 Å². The van der Waals surface area contributed by atoms with Crippen LogP contribution in [0.2, 0.25) is 5.02 Å². The Kier molecular flexibility index (Phi) is 6.60. The first-order valence-electron chi connectivity index (χ1n) is 7.11. The number of aliphatic hydroxyl groups is 1. The van der Waals surface area contributed by atoms with Gasteiger partial charge in [-0.2, -0.15) is 0 Å².